The Morgan fingerprint density at radius 2 is 2.00 bits per heavy atom. The highest BCUT2D eigenvalue weighted by Crippen LogP contribution is 2.08. The van der Waals surface area contributed by atoms with Crippen molar-refractivity contribution in [1.82, 2.24) is 0 Å². The van der Waals surface area contributed by atoms with Crippen LogP contribution in [0, 0.1) is 0 Å². The first kappa shape index (κ1) is 11.2. The third-order valence-electron chi connectivity index (χ3n) is 1.67. The number of hydrogen-bond donors (Lipinski definition) is 0. The summed E-state index contributed by atoms with van der Waals surface area (Å²) >= 11 is 0. The van der Waals surface area contributed by atoms with E-state index >= 15 is 0 Å². The first-order valence-electron chi connectivity index (χ1n) is 4.91. The van der Waals surface area contributed by atoms with Crippen molar-refractivity contribution in [3.63, 3.8) is 0 Å². The van der Waals surface area contributed by atoms with E-state index in [0.717, 1.165) is 32.8 Å². The van der Waals surface area contributed by atoms with Crippen molar-refractivity contribution in [2.24, 2.45) is 0 Å². The smallest absolute Gasteiger partial charge is 0.183 e. The molecule has 0 saturated carbocycles. The second-order valence-corrected chi connectivity index (χ2v) is 8.86. The van der Waals surface area contributed by atoms with Crippen molar-refractivity contribution in [1.29, 1.82) is 0 Å². The van der Waals surface area contributed by atoms with Gasteiger partial charge in [0.25, 0.3) is 0 Å². The molecule has 0 aromatic rings. The van der Waals surface area contributed by atoms with Gasteiger partial charge in [-0.3, -0.25) is 0 Å². The van der Waals surface area contributed by atoms with Crippen molar-refractivity contribution in [3.05, 3.63) is 0 Å². The van der Waals surface area contributed by atoms with Gasteiger partial charge >= 0.3 is 0 Å². The Morgan fingerprint density at radius 3 is 2.54 bits per heavy atom. The average molecular weight is 204 g/mol. The van der Waals surface area contributed by atoms with Crippen LogP contribution in [0.5, 0.6) is 0 Å². The highest BCUT2D eigenvalue weighted by atomic mass is 28.4. The summed E-state index contributed by atoms with van der Waals surface area (Å²) in [4.78, 5) is 0. The van der Waals surface area contributed by atoms with E-state index in [0.29, 0.717) is 6.10 Å². The van der Waals surface area contributed by atoms with Crippen molar-refractivity contribution in [2.45, 2.75) is 32.2 Å². The van der Waals surface area contributed by atoms with Crippen LogP contribution >= 0.6 is 0 Å². The summed E-state index contributed by atoms with van der Waals surface area (Å²) < 4.78 is 16.1. The fourth-order valence-electron chi connectivity index (χ4n) is 0.918. The van der Waals surface area contributed by atoms with E-state index < -0.39 is 8.32 Å². The lowest BCUT2D eigenvalue weighted by atomic mass is 10.5. The molecular weight excluding hydrogens is 184 g/mol. The maximum Gasteiger partial charge on any atom is 0.183 e. The summed E-state index contributed by atoms with van der Waals surface area (Å²) in [5.74, 6) is 0. The van der Waals surface area contributed by atoms with Crippen LogP contribution in [0.4, 0.5) is 0 Å². The number of epoxide rings is 1. The molecule has 0 bridgehead atoms. The summed E-state index contributed by atoms with van der Waals surface area (Å²) in [6.07, 6.45) is 1.38. The fourth-order valence-corrected chi connectivity index (χ4v) is 1.68. The minimum absolute atomic E-state index is 0.387. The molecule has 0 spiro atoms. The summed E-state index contributed by atoms with van der Waals surface area (Å²) in [5, 5.41) is 0. The van der Waals surface area contributed by atoms with Crippen LogP contribution in [0.2, 0.25) is 19.6 Å². The molecule has 1 fully saturated rings. The quantitative estimate of drug-likeness (QED) is 0.359. The SMILES string of the molecule is C[Si](C)(C)OCCCOCC1CO1. The molecule has 1 heterocycles. The minimum atomic E-state index is -1.31. The number of ether oxygens (including phenoxy) is 2. The van der Waals surface area contributed by atoms with Gasteiger partial charge < -0.3 is 13.9 Å². The first-order valence-corrected chi connectivity index (χ1v) is 8.32. The second-order valence-electron chi connectivity index (χ2n) is 4.34. The van der Waals surface area contributed by atoms with E-state index in [-0.39, 0.29) is 0 Å². The Bertz CT molecular complexity index is 140. The van der Waals surface area contributed by atoms with Crippen LogP contribution in [-0.2, 0) is 13.9 Å². The van der Waals surface area contributed by atoms with Gasteiger partial charge in [0.1, 0.15) is 6.10 Å². The third kappa shape index (κ3) is 7.19. The predicted molar refractivity (Wildman–Crippen MR) is 54.5 cm³/mol. The second kappa shape index (κ2) is 5.10. The normalized spacial score (nSPS) is 21.9. The van der Waals surface area contributed by atoms with Crippen LogP contribution in [0.25, 0.3) is 0 Å². The summed E-state index contributed by atoms with van der Waals surface area (Å²) in [5.41, 5.74) is 0. The molecule has 0 amide bonds. The molecule has 1 rings (SSSR count). The van der Waals surface area contributed by atoms with Gasteiger partial charge in [-0.2, -0.15) is 0 Å². The van der Waals surface area contributed by atoms with Gasteiger partial charge in [0.2, 0.25) is 0 Å². The molecule has 0 aromatic carbocycles. The van der Waals surface area contributed by atoms with Crippen LogP contribution in [0.3, 0.4) is 0 Å². The topological polar surface area (TPSA) is 31.0 Å². The lowest BCUT2D eigenvalue weighted by Crippen LogP contribution is -2.26. The van der Waals surface area contributed by atoms with E-state index in [2.05, 4.69) is 19.6 Å². The van der Waals surface area contributed by atoms with Crippen molar-refractivity contribution in [3.8, 4) is 0 Å². The first-order chi connectivity index (χ1) is 6.08. The Labute approximate surface area is 81.5 Å². The molecule has 0 aromatic heterocycles. The van der Waals surface area contributed by atoms with E-state index in [9.17, 15) is 0 Å². The van der Waals surface area contributed by atoms with Gasteiger partial charge in [-0.15, -0.1) is 0 Å². The van der Waals surface area contributed by atoms with E-state index in [1.54, 1.807) is 0 Å². The van der Waals surface area contributed by atoms with Crippen LogP contribution in [-0.4, -0.2) is 40.8 Å². The van der Waals surface area contributed by atoms with E-state index in [1.165, 1.54) is 0 Å². The molecule has 4 heteroatoms. The van der Waals surface area contributed by atoms with Gasteiger partial charge in [-0.25, -0.2) is 0 Å². The highest BCUT2D eigenvalue weighted by Gasteiger charge is 2.22. The lowest BCUT2D eigenvalue weighted by Gasteiger charge is -2.16. The van der Waals surface area contributed by atoms with Gasteiger partial charge in [0.15, 0.2) is 8.32 Å². The monoisotopic (exact) mass is 204 g/mol. The summed E-state index contributed by atoms with van der Waals surface area (Å²) in [6.45, 7) is 9.87. The molecule has 78 valence electrons. The van der Waals surface area contributed by atoms with Crippen LogP contribution in [0.1, 0.15) is 6.42 Å². The molecule has 13 heavy (non-hydrogen) atoms. The molecule has 3 nitrogen and oxygen atoms in total. The molecule has 1 atom stereocenters. The molecule has 1 unspecified atom stereocenters. The van der Waals surface area contributed by atoms with Crippen LogP contribution in [0.15, 0.2) is 0 Å². The predicted octanol–water partition coefficient (Wildman–Crippen LogP) is 1.64. The molecule has 0 aliphatic carbocycles. The Balaban J connectivity index is 1.78. The van der Waals surface area contributed by atoms with Gasteiger partial charge in [-0.1, -0.05) is 0 Å². The molecule has 1 saturated heterocycles. The summed E-state index contributed by atoms with van der Waals surface area (Å²) in [6, 6.07) is 0. The largest absolute Gasteiger partial charge is 0.418 e. The van der Waals surface area contributed by atoms with E-state index in [4.69, 9.17) is 13.9 Å². The van der Waals surface area contributed by atoms with Crippen molar-refractivity contribution >= 4 is 8.32 Å². The zero-order valence-corrected chi connectivity index (χ0v) is 9.84. The zero-order valence-electron chi connectivity index (χ0n) is 8.84. The van der Waals surface area contributed by atoms with Crippen LogP contribution < -0.4 is 0 Å². The maximum absolute atomic E-state index is 5.68. The standard InChI is InChI=1S/C9H20O3Si/c1-13(2,3)12-6-4-5-10-7-9-8-11-9/h9H,4-8H2,1-3H3. The average Bonchev–Trinajstić information content (AvgIpc) is 2.77. The van der Waals surface area contributed by atoms with Crippen molar-refractivity contribution in [2.75, 3.05) is 26.4 Å². The molecule has 1 aliphatic heterocycles. The lowest BCUT2D eigenvalue weighted by molar-refractivity contribution is 0.104. The molecular formula is C9H20O3Si. The maximum atomic E-state index is 5.68. The Morgan fingerprint density at radius 1 is 1.31 bits per heavy atom. The minimum Gasteiger partial charge on any atom is -0.418 e. The van der Waals surface area contributed by atoms with Gasteiger partial charge in [-0.05, 0) is 26.1 Å². The summed E-state index contributed by atoms with van der Waals surface area (Å²) in [7, 11) is -1.31. The molecule has 1 aliphatic rings. The Hall–Kier alpha value is 0.0969. The Kier molecular flexibility index (Phi) is 4.38. The zero-order chi connectivity index (χ0) is 9.73. The van der Waals surface area contributed by atoms with Crippen molar-refractivity contribution < 1.29 is 13.9 Å². The third-order valence-corrected chi connectivity index (χ3v) is 2.74. The fraction of sp³-hybridized carbons (Fsp3) is 1.00. The van der Waals surface area contributed by atoms with Gasteiger partial charge in [0.05, 0.1) is 13.2 Å². The highest BCUT2D eigenvalue weighted by molar-refractivity contribution is 6.69. The number of hydrogen-bond acceptors (Lipinski definition) is 3. The number of rotatable bonds is 7. The molecule has 0 radical (unpaired) electrons. The molecule has 0 N–H and O–H groups in total. The van der Waals surface area contributed by atoms with Gasteiger partial charge in [0, 0.05) is 13.2 Å². The van der Waals surface area contributed by atoms with E-state index in [1.807, 2.05) is 0 Å².